The van der Waals surface area contributed by atoms with E-state index in [1.807, 2.05) is 0 Å². The molecule has 1 atom stereocenters. The van der Waals surface area contributed by atoms with E-state index in [-0.39, 0.29) is 28.1 Å². The molecule has 0 aromatic heterocycles. The van der Waals surface area contributed by atoms with Crippen molar-refractivity contribution in [1.82, 2.24) is 10.6 Å². The Morgan fingerprint density at radius 3 is 2.48 bits per heavy atom. The Hall–Kier alpha value is -1.26. The van der Waals surface area contributed by atoms with E-state index in [0.29, 0.717) is 0 Å². The van der Waals surface area contributed by atoms with Crippen molar-refractivity contribution in [1.29, 1.82) is 0 Å². The maximum absolute atomic E-state index is 11.4. The fraction of sp³-hybridized carbons (Fsp3) is 0.333. The van der Waals surface area contributed by atoms with Crippen LogP contribution in [0.15, 0.2) is 18.2 Å². The molecule has 0 saturated heterocycles. The minimum atomic E-state index is -1.94. The van der Waals surface area contributed by atoms with Crippen LogP contribution in [0.3, 0.4) is 0 Å². The molecule has 0 saturated carbocycles. The van der Waals surface area contributed by atoms with Crippen LogP contribution in [-0.2, 0) is 4.79 Å². The van der Waals surface area contributed by atoms with E-state index >= 15 is 0 Å². The van der Waals surface area contributed by atoms with Gasteiger partial charge in [0.05, 0.1) is 23.8 Å². The second-order valence-corrected chi connectivity index (χ2v) is 7.50. The zero-order valence-corrected chi connectivity index (χ0v) is 16.4. The predicted octanol–water partition coefficient (Wildman–Crippen LogP) is 2.94. The van der Waals surface area contributed by atoms with Crippen molar-refractivity contribution < 1.29 is 14.5 Å². The quantitative estimate of drug-likeness (QED) is 0.201. The van der Waals surface area contributed by atoms with Crippen LogP contribution in [0.4, 0.5) is 11.4 Å². The highest BCUT2D eigenvalue weighted by Crippen LogP contribution is 2.29. The Bertz CT molecular complexity index is 671. The first-order chi connectivity index (χ1) is 11.6. The molecule has 0 radical (unpaired) electrons. The number of rotatable bonds is 6. The molecule has 0 heterocycles. The number of non-ortho nitro benzene ring substituents is 1. The van der Waals surface area contributed by atoms with E-state index in [9.17, 15) is 14.9 Å². The summed E-state index contributed by atoms with van der Waals surface area (Å²) in [5, 5.41) is 18.5. The number of ether oxygens (including phenoxy) is 1. The van der Waals surface area contributed by atoms with Gasteiger partial charge in [-0.1, -0.05) is 34.8 Å². The first kappa shape index (κ1) is 21.8. The van der Waals surface area contributed by atoms with E-state index in [0.717, 1.165) is 0 Å². The molecule has 0 aliphatic carbocycles. The molecule has 1 rings (SSSR count). The van der Waals surface area contributed by atoms with E-state index in [4.69, 9.17) is 63.4 Å². The topological polar surface area (TPSA) is 106 Å². The minimum absolute atomic E-state index is 0.0613. The number of benzene rings is 1. The lowest BCUT2D eigenvalue weighted by Gasteiger charge is -2.27. The molecule has 1 aromatic carbocycles. The fourth-order valence-corrected chi connectivity index (χ4v) is 2.22. The number of nitro benzene ring substituents is 1. The largest absolute Gasteiger partial charge is 0.496 e. The van der Waals surface area contributed by atoms with Gasteiger partial charge in [-0.25, -0.2) is 0 Å². The van der Waals surface area contributed by atoms with Gasteiger partial charge in [0.15, 0.2) is 5.11 Å². The molecule has 25 heavy (non-hydrogen) atoms. The monoisotopic (exact) mass is 448 g/mol. The molecule has 0 bridgehead atoms. The smallest absolute Gasteiger partial charge is 0.275 e. The lowest BCUT2D eigenvalue weighted by atomic mass is 10.2. The third-order valence-corrected chi connectivity index (χ3v) is 3.74. The zero-order chi connectivity index (χ0) is 19.2. The first-order valence-corrected chi connectivity index (χ1v) is 8.47. The summed E-state index contributed by atoms with van der Waals surface area (Å²) in [6, 6.07) is 3.95. The van der Waals surface area contributed by atoms with E-state index in [1.54, 1.807) is 0 Å². The van der Waals surface area contributed by atoms with Gasteiger partial charge in [0.25, 0.3) is 5.69 Å². The molecule has 8 nitrogen and oxygen atoms in total. The van der Waals surface area contributed by atoms with Crippen LogP contribution < -0.4 is 20.7 Å². The van der Waals surface area contributed by atoms with E-state index in [1.165, 1.54) is 25.3 Å². The summed E-state index contributed by atoms with van der Waals surface area (Å²) in [6.07, 6.45) is -1.19. The summed E-state index contributed by atoms with van der Waals surface area (Å²) in [4.78, 5) is 21.7. The number of hydrogen-bond acceptors (Lipinski definition) is 5. The summed E-state index contributed by atoms with van der Waals surface area (Å²) in [5.41, 5.74) is 0.0494. The Balaban J connectivity index is 2.91. The normalized spacial score (nSPS) is 12.0. The summed E-state index contributed by atoms with van der Waals surface area (Å²) in [7, 11) is 1.36. The van der Waals surface area contributed by atoms with Gasteiger partial charge in [0.1, 0.15) is 17.8 Å². The van der Waals surface area contributed by atoms with Crippen LogP contribution in [0.25, 0.3) is 0 Å². The third-order valence-electron chi connectivity index (χ3n) is 2.63. The van der Waals surface area contributed by atoms with Crippen LogP contribution in [0.2, 0.25) is 0 Å². The van der Waals surface area contributed by atoms with Gasteiger partial charge in [-0.3, -0.25) is 14.9 Å². The van der Waals surface area contributed by atoms with Crippen LogP contribution in [0, 0.1) is 10.1 Å². The second kappa shape index (κ2) is 9.44. The Morgan fingerprint density at radius 1 is 1.36 bits per heavy atom. The first-order valence-electron chi connectivity index (χ1n) is 6.40. The van der Waals surface area contributed by atoms with Crippen molar-refractivity contribution in [2.75, 3.05) is 18.3 Å². The molecule has 0 aliphatic heterocycles. The third kappa shape index (κ3) is 7.25. The van der Waals surface area contributed by atoms with Crippen molar-refractivity contribution in [3.8, 4) is 5.75 Å². The van der Waals surface area contributed by atoms with Crippen LogP contribution in [-0.4, -0.2) is 38.9 Å². The van der Waals surface area contributed by atoms with Crippen molar-refractivity contribution in [3.63, 3.8) is 0 Å². The van der Waals surface area contributed by atoms with E-state index in [2.05, 4.69) is 16.0 Å². The lowest BCUT2D eigenvalue weighted by Crippen LogP contribution is -2.56. The summed E-state index contributed by atoms with van der Waals surface area (Å²) in [6.45, 7) is 0. The van der Waals surface area contributed by atoms with Crippen LogP contribution >= 0.6 is 58.6 Å². The van der Waals surface area contributed by atoms with Gasteiger partial charge in [-0.15, -0.1) is 11.6 Å². The van der Waals surface area contributed by atoms with Gasteiger partial charge in [0.2, 0.25) is 9.70 Å². The number of nitrogens with one attached hydrogen (secondary N) is 3. The Labute approximate surface area is 168 Å². The van der Waals surface area contributed by atoms with Gasteiger partial charge >= 0.3 is 0 Å². The van der Waals surface area contributed by atoms with Gasteiger partial charge < -0.3 is 20.7 Å². The van der Waals surface area contributed by atoms with E-state index < -0.39 is 20.8 Å². The van der Waals surface area contributed by atoms with Crippen LogP contribution in [0.5, 0.6) is 5.75 Å². The van der Waals surface area contributed by atoms with Crippen LogP contribution in [0.1, 0.15) is 0 Å². The molecule has 0 aliphatic rings. The molecule has 138 valence electrons. The average molecular weight is 450 g/mol. The standard InChI is InChI=1S/C12H12Cl4N4O4S/c1-24-8-3-6(2-7(4-8)20(22)23)17-11(25)19-10(12(14,15)16)18-9(21)5-13/h2-4,10H,5H2,1H3,(H,18,21)(H2,17,19,25). The molecule has 3 N–H and O–H groups in total. The second-order valence-electron chi connectivity index (χ2n) is 4.45. The number of anilines is 1. The molecular formula is C12H12Cl4N4O4S. The van der Waals surface area contributed by atoms with Gasteiger partial charge in [-0.05, 0) is 12.2 Å². The SMILES string of the molecule is COc1cc(NC(=S)NC(NC(=O)CCl)C(Cl)(Cl)Cl)cc([N+](=O)[O-])c1. The number of alkyl halides is 4. The highest BCUT2D eigenvalue weighted by Gasteiger charge is 2.34. The zero-order valence-electron chi connectivity index (χ0n) is 12.5. The number of nitrogens with zero attached hydrogens (tertiary/aromatic N) is 1. The summed E-state index contributed by atoms with van der Waals surface area (Å²) >= 11 is 27.8. The highest BCUT2D eigenvalue weighted by molar-refractivity contribution is 7.80. The summed E-state index contributed by atoms with van der Waals surface area (Å²) < 4.78 is 3.05. The number of halogens is 4. The lowest BCUT2D eigenvalue weighted by molar-refractivity contribution is -0.384. The number of carbonyl (C=O) groups excluding carboxylic acids is 1. The number of thiocarbonyl (C=S) groups is 1. The number of carbonyl (C=O) groups is 1. The fourth-order valence-electron chi connectivity index (χ4n) is 1.58. The van der Waals surface area contributed by atoms with Crippen molar-refractivity contribution in [2.24, 2.45) is 0 Å². The van der Waals surface area contributed by atoms with Gasteiger partial charge in [-0.2, -0.15) is 0 Å². The maximum Gasteiger partial charge on any atom is 0.275 e. The maximum atomic E-state index is 11.4. The predicted molar refractivity (Wildman–Crippen MR) is 102 cm³/mol. The van der Waals surface area contributed by atoms with Crippen molar-refractivity contribution in [2.45, 2.75) is 9.96 Å². The van der Waals surface area contributed by atoms with Gasteiger partial charge in [0, 0.05) is 12.1 Å². The number of nitro groups is 1. The molecular weight excluding hydrogens is 438 g/mol. The summed E-state index contributed by atoms with van der Waals surface area (Å²) in [5.74, 6) is -0.695. The number of hydrogen-bond donors (Lipinski definition) is 3. The average Bonchev–Trinajstić information content (AvgIpc) is 2.52. The van der Waals surface area contributed by atoms with Crippen molar-refractivity contribution in [3.05, 3.63) is 28.3 Å². The van der Waals surface area contributed by atoms with Crippen molar-refractivity contribution >= 4 is 81.0 Å². The Kier molecular flexibility index (Phi) is 8.23. The number of methoxy groups -OCH3 is 1. The molecule has 1 aromatic rings. The number of amides is 1. The molecule has 1 amide bonds. The minimum Gasteiger partial charge on any atom is -0.496 e. The molecule has 0 spiro atoms. The molecule has 0 fully saturated rings. The molecule has 1 unspecified atom stereocenters. The Morgan fingerprint density at radius 2 is 2.00 bits per heavy atom. The highest BCUT2D eigenvalue weighted by atomic mass is 35.6. The molecule has 13 heteroatoms.